The normalized spacial score (nSPS) is 18.3. The van der Waals surface area contributed by atoms with Crippen LogP contribution < -0.4 is 5.32 Å². The molecule has 0 unspecified atom stereocenters. The van der Waals surface area contributed by atoms with Crippen molar-refractivity contribution in [2.45, 2.75) is 51.8 Å². The predicted molar refractivity (Wildman–Crippen MR) is 66.2 cm³/mol. The van der Waals surface area contributed by atoms with Crippen LogP contribution in [-0.4, -0.2) is 51.8 Å². The van der Waals surface area contributed by atoms with Crippen molar-refractivity contribution in [3.63, 3.8) is 0 Å². The Labute approximate surface area is 107 Å². The second-order valence-corrected chi connectivity index (χ2v) is 5.20. The van der Waals surface area contributed by atoms with Crippen molar-refractivity contribution >= 4 is 12.0 Å². The lowest BCUT2D eigenvalue weighted by molar-refractivity contribution is -0.141. The summed E-state index contributed by atoms with van der Waals surface area (Å²) in [5, 5.41) is 20.6. The number of hydrogen-bond donors (Lipinski definition) is 3. The first-order valence-electron chi connectivity index (χ1n) is 6.31. The van der Waals surface area contributed by atoms with Gasteiger partial charge in [0.05, 0.1) is 6.10 Å². The number of rotatable bonds is 6. The summed E-state index contributed by atoms with van der Waals surface area (Å²) in [6.45, 7) is 5.77. The molecule has 0 aromatic carbocycles. The fourth-order valence-corrected chi connectivity index (χ4v) is 1.71. The lowest BCUT2D eigenvalue weighted by atomic mass is 10.2. The van der Waals surface area contributed by atoms with Crippen LogP contribution in [0.4, 0.5) is 4.79 Å². The summed E-state index contributed by atoms with van der Waals surface area (Å²) in [5.41, 5.74) is 0. The van der Waals surface area contributed by atoms with Gasteiger partial charge in [0.1, 0.15) is 0 Å². The summed E-state index contributed by atoms with van der Waals surface area (Å²) < 4.78 is 0. The molecule has 2 atom stereocenters. The van der Waals surface area contributed by atoms with Gasteiger partial charge in [0, 0.05) is 12.6 Å². The molecule has 6 nitrogen and oxygen atoms in total. The minimum Gasteiger partial charge on any atom is -0.480 e. The lowest BCUT2D eigenvalue weighted by Crippen LogP contribution is -2.54. The van der Waals surface area contributed by atoms with Crippen LogP contribution in [0.25, 0.3) is 0 Å². The zero-order chi connectivity index (χ0) is 13.9. The van der Waals surface area contributed by atoms with Gasteiger partial charge in [-0.15, -0.1) is 0 Å². The Hall–Kier alpha value is -1.30. The molecule has 1 saturated carbocycles. The SMILES string of the molecule is CC(C)N(CC1CC1)C(=O)N[C@H](C(=O)O)[C@@H](C)O. The molecule has 0 radical (unpaired) electrons. The summed E-state index contributed by atoms with van der Waals surface area (Å²) in [6, 6.07) is -1.68. The van der Waals surface area contributed by atoms with Crippen molar-refractivity contribution in [3.8, 4) is 0 Å². The van der Waals surface area contributed by atoms with Gasteiger partial charge in [-0.25, -0.2) is 9.59 Å². The average Bonchev–Trinajstić information content (AvgIpc) is 3.04. The third kappa shape index (κ3) is 4.18. The van der Waals surface area contributed by atoms with E-state index in [4.69, 9.17) is 5.11 Å². The molecule has 0 aromatic rings. The van der Waals surface area contributed by atoms with Crippen LogP contribution in [0.1, 0.15) is 33.6 Å². The first kappa shape index (κ1) is 14.8. The Bertz CT molecular complexity index is 313. The first-order valence-corrected chi connectivity index (χ1v) is 6.31. The monoisotopic (exact) mass is 258 g/mol. The van der Waals surface area contributed by atoms with Crippen molar-refractivity contribution in [2.24, 2.45) is 5.92 Å². The fourth-order valence-electron chi connectivity index (χ4n) is 1.71. The molecule has 0 heterocycles. The van der Waals surface area contributed by atoms with E-state index < -0.39 is 24.1 Å². The Balaban J connectivity index is 2.61. The number of aliphatic hydroxyl groups is 1. The Morgan fingerprint density at radius 2 is 1.89 bits per heavy atom. The van der Waals surface area contributed by atoms with E-state index in [9.17, 15) is 14.7 Å². The third-order valence-corrected chi connectivity index (χ3v) is 3.06. The Morgan fingerprint density at radius 3 is 2.22 bits per heavy atom. The quantitative estimate of drug-likeness (QED) is 0.652. The maximum atomic E-state index is 12.0. The van der Waals surface area contributed by atoms with E-state index in [-0.39, 0.29) is 6.04 Å². The maximum Gasteiger partial charge on any atom is 0.328 e. The summed E-state index contributed by atoms with van der Waals surface area (Å²) in [6.07, 6.45) is 1.12. The highest BCUT2D eigenvalue weighted by molar-refractivity contribution is 5.83. The van der Waals surface area contributed by atoms with Crippen molar-refractivity contribution in [2.75, 3.05) is 6.54 Å². The summed E-state index contributed by atoms with van der Waals surface area (Å²) >= 11 is 0. The average molecular weight is 258 g/mol. The van der Waals surface area contributed by atoms with Gasteiger partial charge >= 0.3 is 12.0 Å². The van der Waals surface area contributed by atoms with Crippen LogP contribution in [0.2, 0.25) is 0 Å². The number of aliphatic hydroxyl groups excluding tert-OH is 1. The highest BCUT2D eigenvalue weighted by Gasteiger charge is 2.31. The van der Waals surface area contributed by atoms with Gasteiger partial charge in [0.2, 0.25) is 0 Å². The van der Waals surface area contributed by atoms with E-state index in [1.54, 1.807) is 4.90 Å². The van der Waals surface area contributed by atoms with Gasteiger partial charge in [-0.3, -0.25) is 0 Å². The number of urea groups is 1. The van der Waals surface area contributed by atoms with Crippen LogP contribution in [-0.2, 0) is 4.79 Å². The summed E-state index contributed by atoms with van der Waals surface area (Å²) in [4.78, 5) is 24.5. The number of carboxylic acids is 1. The zero-order valence-corrected chi connectivity index (χ0v) is 11.1. The van der Waals surface area contributed by atoms with Gasteiger partial charge in [-0.05, 0) is 39.5 Å². The number of carbonyl (C=O) groups is 2. The number of aliphatic carboxylic acids is 1. The van der Waals surface area contributed by atoms with Gasteiger partial charge < -0.3 is 20.4 Å². The molecule has 1 aliphatic carbocycles. The van der Waals surface area contributed by atoms with E-state index in [0.29, 0.717) is 12.5 Å². The lowest BCUT2D eigenvalue weighted by Gasteiger charge is -2.29. The number of nitrogens with zero attached hydrogens (tertiary/aromatic N) is 1. The van der Waals surface area contributed by atoms with Crippen LogP contribution >= 0.6 is 0 Å². The molecule has 1 rings (SSSR count). The van der Waals surface area contributed by atoms with Crippen molar-refractivity contribution < 1.29 is 19.8 Å². The highest BCUT2D eigenvalue weighted by atomic mass is 16.4. The molecule has 3 N–H and O–H groups in total. The second kappa shape index (κ2) is 6.04. The number of carboxylic acid groups (broad SMARTS) is 1. The van der Waals surface area contributed by atoms with Crippen molar-refractivity contribution in [3.05, 3.63) is 0 Å². The third-order valence-electron chi connectivity index (χ3n) is 3.06. The number of amides is 2. The van der Waals surface area contributed by atoms with Gasteiger partial charge in [-0.2, -0.15) is 0 Å². The molecule has 2 amide bonds. The van der Waals surface area contributed by atoms with Gasteiger partial charge in [0.15, 0.2) is 6.04 Å². The van der Waals surface area contributed by atoms with E-state index >= 15 is 0 Å². The van der Waals surface area contributed by atoms with Crippen LogP contribution in [0.15, 0.2) is 0 Å². The number of hydrogen-bond acceptors (Lipinski definition) is 3. The molecular weight excluding hydrogens is 236 g/mol. The molecule has 0 aliphatic heterocycles. The summed E-state index contributed by atoms with van der Waals surface area (Å²) in [7, 11) is 0. The molecule has 104 valence electrons. The number of carbonyl (C=O) groups excluding carboxylic acids is 1. The highest BCUT2D eigenvalue weighted by Crippen LogP contribution is 2.30. The molecule has 18 heavy (non-hydrogen) atoms. The second-order valence-electron chi connectivity index (χ2n) is 5.20. The molecule has 0 bridgehead atoms. The van der Waals surface area contributed by atoms with E-state index in [2.05, 4.69) is 5.32 Å². The summed E-state index contributed by atoms with van der Waals surface area (Å²) in [5.74, 6) is -0.693. The largest absolute Gasteiger partial charge is 0.480 e. The van der Waals surface area contributed by atoms with E-state index in [0.717, 1.165) is 12.8 Å². The van der Waals surface area contributed by atoms with Gasteiger partial charge in [-0.1, -0.05) is 0 Å². The van der Waals surface area contributed by atoms with Gasteiger partial charge in [0.25, 0.3) is 0 Å². The van der Waals surface area contributed by atoms with Crippen LogP contribution in [0.5, 0.6) is 0 Å². The molecule has 6 heteroatoms. The van der Waals surface area contributed by atoms with Crippen LogP contribution in [0.3, 0.4) is 0 Å². The topological polar surface area (TPSA) is 89.9 Å². The van der Waals surface area contributed by atoms with E-state index in [1.165, 1.54) is 6.92 Å². The first-order chi connectivity index (χ1) is 8.32. The molecule has 0 saturated heterocycles. The predicted octanol–water partition coefficient (Wildman–Crippen LogP) is 0.650. The molecule has 0 spiro atoms. The molecule has 0 aromatic heterocycles. The zero-order valence-electron chi connectivity index (χ0n) is 11.1. The Morgan fingerprint density at radius 1 is 1.33 bits per heavy atom. The minimum absolute atomic E-state index is 0.00837. The molecule has 1 fully saturated rings. The smallest absolute Gasteiger partial charge is 0.328 e. The van der Waals surface area contributed by atoms with Crippen molar-refractivity contribution in [1.29, 1.82) is 0 Å². The van der Waals surface area contributed by atoms with E-state index in [1.807, 2.05) is 13.8 Å². The van der Waals surface area contributed by atoms with Crippen molar-refractivity contribution in [1.82, 2.24) is 10.2 Å². The van der Waals surface area contributed by atoms with Crippen LogP contribution in [0, 0.1) is 5.92 Å². The molecular formula is C12H22N2O4. The maximum absolute atomic E-state index is 12.0. The fraction of sp³-hybridized carbons (Fsp3) is 0.833. The number of nitrogens with one attached hydrogen (secondary N) is 1. The Kier molecular flexibility index (Phi) is 4.95. The standard InChI is InChI=1S/C12H22N2O4/c1-7(2)14(6-9-4-5-9)12(18)13-10(8(3)15)11(16)17/h7-10,15H,4-6H2,1-3H3,(H,13,18)(H,16,17)/t8-,10+/m1/s1. The minimum atomic E-state index is -1.27. The molecule has 1 aliphatic rings.